The molecule has 3 heterocycles. The number of aromatic nitrogens is 3. The number of ether oxygens (including phenoxy) is 2. The number of amides is 1. The molecular weight excluding hydrogens is 478 g/mol. The van der Waals surface area contributed by atoms with E-state index < -0.39 is 0 Å². The van der Waals surface area contributed by atoms with E-state index in [2.05, 4.69) is 26.3 Å². The number of halogens is 1. The van der Waals surface area contributed by atoms with Gasteiger partial charge in [0.15, 0.2) is 0 Å². The van der Waals surface area contributed by atoms with Crippen molar-refractivity contribution in [2.45, 2.75) is 19.6 Å². The number of hydrogen-bond donors (Lipinski definition) is 1. The van der Waals surface area contributed by atoms with Crippen molar-refractivity contribution in [3.63, 3.8) is 0 Å². The minimum Gasteiger partial charge on any atom is -0.495 e. The van der Waals surface area contributed by atoms with Crippen LogP contribution >= 0.6 is 11.6 Å². The zero-order chi connectivity index (χ0) is 24.9. The highest BCUT2D eigenvalue weighted by molar-refractivity contribution is 6.32. The number of rotatable bonds is 8. The molecule has 0 atom stereocenters. The van der Waals surface area contributed by atoms with Crippen LogP contribution in [0, 0.1) is 0 Å². The number of carbonyl (C=O) groups excluding carboxylic acids is 1. The number of fused-ring (bicyclic) bond motifs is 1. The van der Waals surface area contributed by atoms with Gasteiger partial charge in [0.05, 0.1) is 24.4 Å². The van der Waals surface area contributed by atoms with Gasteiger partial charge in [-0.1, -0.05) is 41.9 Å². The lowest BCUT2D eigenvalue weighted by Gasteiger charge is -2.19. The molecule has 0 aliphatic carbocycles. The van der Waals surface area contributed by atoms with Crippen molar-refractivity contribution in [3.05, 3.63) is 100 Å². The van der Waals surface area contributed by atoms with E-state index in [1.54, 1.807) is 25.4 Å². The third-order valence-electron chi connectivity index (χ3n) is 5.86. The number of methoxy groups -OCH3 is 1. The predicted octanol–water partition coefficient (Wildman–Crippen LogP) is 4.74. The molecule has 0 bridgehead atoms. The second-order valence-corrected chi connectivity index (χ2v) is 8.59. The normalized spacial score (nSPS) is 12.2. The van der Waals surface area contributed by atoms with Gasteiger partial charge in [-0.15, -0.1) is 0 Å². The molecule has 36 heavy (non-hydrogen) atoms. The summed E-state index contributed by atoms with van der Waals surface area (Å²) in [5, 5.41) is 3.35. The Morgan fingerprint density at radius 2 is 1.97 bits per heavy atom. The lowest BCUT2D eigenvalue weighted by molar-refractivity contribution is 0.0944. The second-order valence-electron chi connectivity index (χ2n) is 8.18. The van der Waals surface area contributed by atoms with Gasteiger partial charge in [0.2, 0.25) is 11.8 Å². The first kappa shape index (κ1) is 23.6. The summed E-state index contributed by atoms with van der Waals surface area (Å²) in [4.78, 5) is 28.5. The summed E-state index contributed by atoms with van der Waals surface area (Å²) in [5.41, 5.74) is 4.08. The van der Waals surface area contributed by atoms with Crippen LogP contribution in [-0.4, -0.2) is 34.5 Å². The molecule has 8 nitrogen and oxygen atoms in total. The average Bonchev–Trinajstić information content (AvgIpc) is 3.35. The molecule has 0 unspecified atom stereocenters. The number of benzene rings is 2. The maximum Gasteiger partial charge on any atom is 0.258 e. The quantitative estimate of drug-likeness (QED) is 0.373. The van der Waals surface area contributed by atoms with Crippen LogP contribution in [0.3, 0.4) is 0 Å². The van der Waals surface area contributed by atoms with E-state index in [9.17, 15) is 4.79 Å². The molecule has 9 heteroatoms. The van der Waals surface area contributed by atoms with Crippen molar-refractivity contribution < 1.29 is 14.3 Å². The number of nitrogens with zero attached hydrogens (tertiary/aromatic N) is 4. The van der Waals surface area contributed by atoms with Crippen LogP contribution in [0.4, 0.5) is 11.6 Å². The van der Waals surface area contributed by atoms with E-state index in [0.29, 0.717) is 16.7 Å². The van der Waals surface area contributed by atoms with Crippen molar-refractivity contribution in [1.82, 2.24) is 20.3 Å². The van der Waals surface area contributed by atoms with Crippen LogP contribution < -0.4 is 19.7 Å². The third-order valence-corrected chi connectivity index (χ3v) is 6.16. The zero-order valence-electron chi connectivity index (χ0n) is 19.6. The number of para-hydroxylation sites is 1. The zero-order valence-corrected chi connectivity index (χ0v) is 20.4. The molecule has 2 aromatic heterocycles. The largest absolute Gasteiger partial charge is 0.495 e. The van der Waals surface area contributed by atoms with Gasteiger partial charge in [0.1, 0.15) is 17.9 Å². The SMILES string of the molecule is COc1ccc(COc2nc(N3CCc4ccccc43)ncc2C(=O)NCc2ccccn2)cc1Cl. The molecule has 1 amide bonds. The molecule has 4 aromatic rings. The van der Waals surface area contributed by atoms with E-state index in [4.69, 9.17) is 21.1 Å². The second kappa shape index (κ2) is 10.6. The lowest BCUT2D eigenvalue weighted by atomic mass is 10.2. The molecule has 1 aliphatic rings. The predicted molar refractivity (Wildman–Crippen MR) is 137 cm³/mol. The van der Waals surface area contributed by atoms with Gasteiger partial charge in [0.25, 0.3) is 5.91 Å². The van der Waals surface area contributed by atoms with Gasteiger partial charge in [-0.3, -0.25) is 9.78 Å². The monoisotopic (exact) mass is 501 g/mol. The highest BCUT2D eigenvalue weighted by atomic mass is 35.5. The fourth-order valence-electron chi connectivity index (χ4n) is 4.02. The minimum atomic E-state index is -0.350. The summed E-state index contributed by atoms with van der Waals surface area (Å²) in [6.45, 7) is 1.18. The Balaban J connectivity index is 1.41. The molecule has 0 saturated heterocycles. The smallest absolute Gasteiger partial charge is 0.258 e. The summed E-state index contributed by atoms with van der Waals surface area (Å²) in [6, 6.07) is 19.1. The summed E-state index contributed by atoms with van der Waals surface area (Å²) in [6.07, 6.45) is 4.08. The lowest BCUT2D eigenvalue weighted by Crippen LogP contribution is -2.25. The minimum absolute atomic E-state index is 0.164. The molecule has 0 fully saturated rings. The molecule has 5 rings (SSSR count). The Morgan fingerprint density at radius 3 is 2.78 bits per heavy atom. The first-order chi connectivity index (χ1) is 17.6. The summed E-state index contributed by atoms with van der Waals surface area (Å²) < 4.78 is 11.3. The Labute approximate surface area is 213 Å². The fourth-order valence-corrected chi connectivity index (χ4v) is 4.30. The number of carbonyl (C=O) groups is 1. The van der Waals surface area contributed by atoms with Crippen LogP contribution in [0.5, 0.6) is 11.6 Å². The topological polar surface area (TPSA) is 89.5 Å². The number of hydrogen-bond acceptors (Lipinski definition) is 7. The van der Waals surface area contributed by atoms with Crippen LogP contribution in [-0.2, 0) is 19.6 Å². The van der Waals surface area contributed by atoms with Crippen molar-refractivity contribution >= 4 is 29.1 Å². The number of pyridine rings is 1. The number of nitrogens with one attached hydrogen (secondary N) is 1. The van der Waals surface area contributed by atoms with Crippen molar-refractivity contribution in [3.8, 4) is 11.6 Å². The van der Waals surface area contributed by atoms with Crippen molar-refractivity contribution in [2.24, 2.45) is 0 Å². The van der Waals surface area contributed by atoms with Crippen LogP contribution in [0.2, 0.25) is 5.02 Å². The van der Waals surface area contributed by atoms with Crippen LogP contribution in [0.1, 0.15) is 27.2 Å². The summed E-state index contributed by atoms with van der Waals surface area (Å²) in [7, 11) is 1.56. The Morgan fingerprint density at radius 1 is 1.11 bits per heavy atom. The Kier molecular flexibility index (Phi) is 6.95. The van der Waals surface area contributed by atoms with E-state index in [1.807, 2.05) is 47.4 Å². The van der Waals surface area contributed by atoms with E-state index in [-0.39, 0.29) is 30.5 Å². The van der Waals surface area contributed by atoms with E-state index in [0.717, 1.165) is 29.9 Å². The van der Waals surface area contributed by atoms with Gasteiger partial charge in [0, 0.05) is 24.6 Å². The maximum atomic E-state index is 13.1. The molecular formula is C27H24ClN5O3. The first-order valence-electron chi connectivity index (χ1n) is 11.5. The highest BCUT2D eigenvalue weighted by Crippen LogP contribution is 2.33. The standard InChI is InChI=1S/C27H24ClN5O3/c1-35-24-10-9-18(14-22(24)28)17-36-26-21(25(34)30-15-20-7-4-5-12-29-20)16-31-27(32-26)33-13-11-19-6-2-3-8-23(19)33/h2-10,12,14,16H,11,13,15,17H2,1H3,(H,30,34). The molecule has 0 radical (unpaired) electrons. The van der Waals surface area contributed by atoms with Gasteiger partial charge in [-0.05, 0) is 47.9 Å². The number of anilines is 2. The average molecular weight is 502 g/mol. The van der Waals surface area contributed by atoms with E-state index >= 15 is 0 Å². The maximum absolute atomic E-state index is 13.1. The highest BCUT2D eigenvalue weighted by Gasteiger charge is 2.24. The van der Waals surface area contributed by atoms with Gasteiger partial charge < -0.3 is 19.7 Å². The molecule has 1 aliphatic heterocycles. The van der Waals surface area contributed by atoms with Crippen LogP contribution in [0.15, 0.2) is 73.1 Å². The summed E-state index contributed by atoms with van der Waals surface area (Å²) in [5.74, 6) is 0.891. The molecule has 0 spiro atoms. The van der Waals surface area contributed by atoms with Gasteiger partial charge >= 0.3 is 0 Å². The summed E-state index contributed by atoms with van der Waals surface area (Å²) >= 11 is 6.27. The first-order valence-corrected chi connectivity index (χ1v) is 11.9. The van der Waals surface area contributed by atoms with Crippen LogP contribution in [0.25, 0.3) is 0 Å². The Hall–Kier alpha value is -4.17. The molecule has 2 aromatic carbocycles. The van der Waals surface area contributed by atoms with Gasteiger partial charge in [-0.25, -0.2) is 4.98 Å². The molecule has 182 valence electrons. The third kappa shape index (κ3) is 5.08. The molecule has 0 saturated carbocycles. The van der Waals surface area contributed by atoms with Crippen molar-refractivity contribution in [2.75, 3.05) is 18.6 Å². The van der Waals surface area contributed by atoms with E-state index in [1.165, 1.54) is 11.8 Å². The molecule has 1 N–H and O–H groups in total. The van der Waals surface area contributed by atoms with Crippen molar-refractivity contribution in [1.29, 1.82) is 0 Å². The fraction of sp³-hybridized carbons (Fsp3) is 0.185. The Bertz CT molecular complexity index is 1380. The van der Waals surface area contributed by atoms with Gasteiger partial charge in [-0.2, -0.15) is 4.98 Å².